The summed E-state index contributed by atoms with van der Waals surface area (Å²) in [6.07, 6.45) is 7.29. The molecule has 1 heterocycles. The van der Waals surface area contributed by atoms with Crippen molar-refractivity contribution in [1.82, 2.24) is 4.57 Å². The fourth-order valence-electron chi connectivity index (χ4n) is 1.98. The van der Waals surface area contributed by atoms with Gasteiger partial charge < -0.3 is 9.67 Å². The Bertz CT molecular complexity index is 488. The molecule has 0 bridgehead atoms. The highest BCUT2D eigenvalue weighted by Crippen LogP contribution is 2.23. The Balaban J connectivity index is 0.00000172. The van der Waals surface area contributed by atoms with E-state index in [9.17, 15) is 9.90 Å². The second-order valence-corrected chi connectivity index (χ2v) is 5.04. The van der Waals surface area contributed by atoms with E-state index in [1.54, 1.807) is 33.0 Å². The van der Waals surface area contributed by atoms with Crippen molar-refractivity contribution in [3.63, 3.8) is 0 Å². The Morgan fingerprint density at radius 2 is 2.00 bits per heavy atom. The number of allylic oxidation sites excluding steroid dienone is 1. The smallest absolute Gasteiger partial charge is 0.161 e. The third kappa shape index (κ3) is 4.82. The minimum Gasteiger partial charge on any atom is -0.389 e. The molecule has 0 radical (unpaired) electrons. The predicted molar refractivity (Wildman–Crippen MR) is 86.9 cm³/mol. The zero-order chi connectivity index (χ0) is 15.9. The minimum atomic E-state index is -0.835. The first-order valence-electron chi connectivity index (χ1n) is 7.01. The zero-order valence-corrected chi connectivity index (χ0v) is 13.5. The first kappa shape index (κ1) is 18.4. The van der Waals surface area contributed by atoms with Gasteiger partial charge >= 0.3 is 0 Å². The van der Waals surface area contributed by atoms with Crippen molar-refractivity contribution in [2.75, 3.05) is 0 Å². The van der Waals surface area contributed by atoms with Crippen LogP contribution in [-0.4, -0.2) is 21.1 Å². The molecule has 0 aliphatic rings. The first-order valence-corrected chi connectivity index (χ1v) is 7.01. The van der Waals surface area contributed by atoms with E-state index in [0.29, 0.717) is 12.1 Å². The summed E-state index contributed by atoms with van der Waals surface area (Å²) in [6.45, 7) is 15.1. The van der Waals surface area contributed by atoms with Gasteiger partial charge in [0.25, 0.3) is 0 Å². The zero-order valence-electron chi connectivity index (χ0n) is 13.5. The molecule has 0 unspecified atom stereocenters. The molecule has 0 amide bonds. The summed E-state index contributed by atoms with van der Waals surface area (Å²) >= 11 is 0. The Morgan fingerprint density at radius 1 is 1.45 bits per heavy atom. The quantitative estimate of drug-likeness (QED) is 0.821. The van der Waals surface area contributed by atoms with Crippen LogP contribution in [0.5, 0.6) is 0 Å². The van der Waals surface area contributed by atoms with Gasteiger partial charge in [-0.15, -0.1) is 0 Å². The summed E-state index contributed by atoms with van der Waals surface area (Å²) in [7, 11) is 0. The number of hydrogen-bond acceptors (Lipinski definition) is 2. The van der Waals surface area contributed by atoms with Gasteiger partial charge in [0, 0.05) is 23.0 Å². The van der Waals surface area contributed by atoms with Gasteiger partial charge in [0.2, 0.25) is 0 Å². The van der Waals surface area contributed by atoms with E-state index in [4.69, 9.17) is 0 Å². The van der Waals surface area contributed by atoms with Crippen LogP contribution in [0.2, 0.25) is 0 Å². The van der Waals surface area contributed by atoms with Gasteiger partial charge in [-0.3, -0.25) is 4.79 Å². The Hall–Kier alpha value is -1.61. The molecule has 0 spiro atoms. The third-order valence-corrected chi connectivity index (χ3v) is 2.62. The van der Waals surface area contributed by atoms with E-state index in [-0.39, 0.29) is 5.78 Å². The topological polar surface area (TPSA) is 42.2 Å². The average molecular weight is 277 g/mol. The molecular weight excluding hydrogens is 250 g/mol. The van der Waals surface area contributed by atoms with E-state index < -0.39 is 5.60 Å². The molecule has 0 aromatic carbocycles. The van der Waals surface area contributed by atoms with Crippen molar-refractivity contribution in [1.29, 1.82) is 0 Å². The number of aliphatic hydroxyl groups is 1. The van der Waals surface area contributed by atoms with E-state index in [2.05, 4.69) is 6.58 Å². The lowest BCUT2D eigenvalue weighted by Crippen LogP contribution is -2.26. The molecule has 20 heavy (non-hydrogen) atoms. The molecule has 1 rings (SSSR count). The van der Waals surface area contributed by atoms with Gasteiger partial charge in [-0.05, 0) is 33.8 Å². The average Bonchev–Trinajstić information content (AvgIpc) is 2.68. The van der Waals surface area contributed by atoms with E-state index in [1.807, 2.05) is 37.5 Å². The van der Waals surface area contributed by atoms with Crippen LogP contribution >= 0.6 is 0 Å². The molecule has 0 atom stereocenters. The van der Waals surface area contributed by atoms with Crippen molar-refractivity contribution < 1.29 is 9.90 Å². The van der Waals surface area contributed by atoms with Crippen LogP contribution < -0.4 is 0 Å². The maximum absolute atomic E-state index is 11.6. The Labute approximate surface area is 122 Å². The van der Waals surface area contributed by atoms with Crippen LogP contribution in [0.1, 0.15) is 63.2 Å². The summed E-state index contributed by atoms with van der Waals surface area (Å²) in [5.74, 6) is 0.0145. The maximum Gasteiger partial charge on any atom is 0.161 e. The maximum atomic E-state index is 11.6. The van der Waals surface area contributed by atoms with Crippen LogP contribution in [0, 0.1) is 0 Å². The lowest BCUT2D eigenvalue weighted by Gasteiger charge is -2.19. The van der Waals surface area contributed by atoms with E-state index >= 15 is 0 Å². The van der Waals surface area contributed by atoms with Crippen molar-refractivity contribution in [2.24, 2.45) is 0 Å². The SMILES string of the molecule is C=Cc1c(/C=C\C)c(C(C)=O)cn1CC(C)(C)O.CC. The summed E-state index contributed by atoms with van der Waals surface area (Å²) < 4.78 is 1.87. The molecule has 112 valence electrons. The fourth-order valence-corrected chi connectivity index (χ4v) is 1.98. The molecule has 0 aliphatic heterocycles. The van der Waals surface area contributed by atoms with Gasteiger partial charge in [0.15, 0.2) is 5.78 Å². The molecular formula is C17H27NO2. The van der Waals surface area contributed by atoms with Crippen LogP contribution in [0.3, 0.4) is 0 Å². The number of nitrogens with zero attached hydrogens (tertiary/aromatic N) is 1. The molecule has 3 heteroatoms. The molecule has 3 nitrogen and oxygen atoms in total. The highest BCUT2D eigenvalue weighted by Gasteiger charge is 2.19. The largest absolute Gasteiger partial charge is 0.389 e. The standard InChI is InChI=1S/C15H21NO2.C2H6/c1-6-8-12-13(11(3)17)9-16(14(12)7-2)10-15(4,5)18;1-2/h6-9,18H,2,10H2,1,3-5H3;1-2H3/b8-6-;. The van der Waals surface area contributed by atoms with Gasteiger partial charge in [-0.2, -0.15) is 0 Å². The van der Waals surface area contributed by atoms with E-state index in [0.717, 1.165) is 11.3 Å². The number of hydrogen-bond donors (Lipinski definition) is 1. The number of Topliss-reactive ketones (excluding diaryl/α,β-unsaturated/α-hetero) is 1. The van der Waals surface area contributed by atoms with Crippen LogP contribution in [0.25, 0.3) is 12.2 Å². The predicted octanol–water partition coefficient (Wildman–Crippen LogP) is 4.16. The molecule has 0 fully saturated rings. The Kier molecular flexibility index (Phi) is 7.22. The normalized spacial score (nSPS) is 11.2. The van der Waals surface area contributed by atoms with Gasteiger partial charge in [-0.25, -0.2) is 0 Å². The Morgan fingerprint density at radius 3 is 2.35 bits per heavy atom. The molecule has 1 aromatic heterocycles. The van der Waals surface area contributed by atoms with Gasteiger partial charge in [-0.1, -0.05) is 32.6 Å². The van der Waals surface area contributed by atoms with Crippen LogP contribution in [0.15, 0.2) is 18.9 Å². The lowest BCUT2D eigenvalue weighted by atomic mass is 10.1. The highest BCUT2D eigenvalue weighted by molar-refractivity contribution is 5.99. The van der Waals surface area contributed by atoms with Crippen molar-refractivity contribution >= 4 is 17.9 Å². The molecule has 0 saturated carbocycles. The van der Waals surface area contributed by atoms with Crippen molar-refractivity contribution in [2.45, 2.75) is 53.7 Å². The molecule has 1 aromatic rings. The van der Waals surface area contributed by atoms with Gasteiger partial charge in [0.1, 0.15) is 0 Å². The second kappa shape index (κ2) is 7.85. The number of rotatable bonds is 5. The molecule has 0 saturated heterocycles. The first-order chi connectivity index (χ1) is 9.30. The van der Waals surface area contributed by atoms with Crippen molar-refractivity contribution in [3.8, 4) is 0 Å². The monoisotopic (exact) mass is 277 g/mol. The van der Waals surface area contributed by atoms with Crippen LogP contribution in [-0.2, 0) is 6.54 Å². The minimum absolute atomic E-state index is 0.0145. The number of aromatic nitrogens is 1. The number of ketones is 1. The second-order valence-electron chi connectivity index (χ2n) is 5.04. The van der Waals surface area contributed by atoms with E-state index in [1.165, 1.54) is 0 Å². The summed E-state index contributed by atoms with van der Waals surface area (Å²) in [5, 5.41) is 9.90. The fraction of sp³-hybridized carbons (Fsp3) is 0.471. The molecule has 0 aliphatic carbocycles. The number of carbonyl (C=O) groups is 1. The van der Waals surface area contributed by atoms with Crippen molar-refractivity contribution in [3.05, 3.63) is 35.7 Å². The van der Waals surface area contributed by atoms with Gasteiger partial charge in [0.05, 0.1) is 12.1 Å². The number of carbonyl (C=O) groups excluding carboxylic acids is 1. The summed E-state index contributed by atoms with van der Waals surface area (Å²) in [5.41, 5.74) is 1.55. The lowest BCUT2D eigenvalue weighted by molar-refractivity contribution is 0.0613. The third-order valence-electron chi connectivity index (χ3n) is 2.62. The summed E-state index contributed by atoms with van der Waals surface area (Å²) in [4.78, 5) is 11.6. The molecule has 1 N–H and O–H groups in total. The highest BCUT2D eigenvalue weighted by atomic mass is 16.3. The van der Waals surface area contributed by atoms with Crippen LogP contribution in [0.4, 0.5) is 0 Å². The summed E-state index contributed by atoms with van der Waals surface area (Å²) in [6, 6.07) is 0.